The number of rotatable bonds is 6. The number of nitrogens with one attached hydrogen (secondary N) is 2. The predicted molar refractivity (Wildman–Crippen MR) is 107 cm³/mol. The summed E-state index contributed by atoms with van der Waals surface area (Å²) in [5.74, 6) is 2.56. The number of aryl methyl sites for hydroxylation is 1. The van der Waals surface area contributed by atoms with E-state index in [1.165, 1.54) is 5.56 Å². The molecular formula is C21H24N4O. The van der Waals surface area contributed by atoms with E-state index in [0.717, 1.165) is 28.6 Å². The molecule has 0 spiro atoms. The van der Waals surface area contributed by atoms with E-state index in [0.29, 0.717) is 11.9 Å². The zero-order valence-electron chi connectivity index (χ0n) is 15.6. The molecule has 0 bridgehead atoms. The molecule has 0 fully saturated rings. The minimum absolute atomic E-state index is 0.417. The average Bonchev–Trinajstić information content (AvgIpc) is 2.62. The van der Waals surface area contributed by atoms with E-state index in [-0.39, 0.29) is 0 Å². The van der Waals surface area contributed by atoms with Crippen LogP contribution in [0.15, 0.2) is 54.6 Å². The second-order valence-corrected chi connectivity index (χ2v) is 6.44. The number of hydrogen-bond acceptors (Lipinski definition) is 5. The van der Waals surface area contributed by atoms with Crippen LogP contribution in [0, 0.1) is 6.92 Å². The summed E-state index contributed by atoms with van der Waals surface area (Å²) >= 11 is 0. The summed E-state index contributed by atoms with van der Waals surface area (Å²) < 4.78 is 5.19. The highest BCUT2D eigenvalue weighted by Gasteiger charge is 2.09. The minimum atomic E-state index is 0.417. The largest absolute Gasteiger partial charge is 0.497 e. The number of benzene rings is 2. The smallest absolute Gasteiger partial charge is 0.229 e. The molecule has 1 aromatic heterocycles. The molecule has 2 aromatic carbocycles. The third-order valence-electron chi connectivity index (χ3n) is 4.05. The number of methoxy groups -OCH3 is 1. The van der Waals surface area contributed by atoms with Crippen LogP contribution in [-0.4, -0.2) is 17.1 Å². The van der Waals surface area contributed by atoms with Crippen LogP contribution in [0.2, 0.25) is 0 Å². The SMILES string of the molecule is COc1ccc(Nc2cc(C)nc(Nc3ccccc3C(C)C)n2)cc1. The van der Waals surface area contributed by atoms with Gasteiger partial charge in [0.15, 0.2) is 0 Å². The fourth-order valence-corrected chi connectivity index (χ4v) is 2.75. The van der Waals surface area contributed by atoms with Gasteiger partial charge >= 0.3 is 0 Å². The average molecular weight is 348 g/mol. The quantitative estimate of drug-likeness (QED) is 0.624. The number of hydrogen-bond donors (Lipinski definition) is 2. The topological polar surface area (TPSA) is 59.1 Å². The molecule has 0 aliphatic heterocycles. The van der Waals surface area contributed by atoms with Gasteiger partial charge in [-0.05, 0) is 48.7 Å². The van der Waals surface area contributed by atoms with Crippen LogP contribution in [0.1, 0.15) is 31.0 Å². The standard InChI is InChI=1S/C21H24N4O/c1-14(2)18-7-5-6-8-19(18)24-21-22-15(3)13-20(25-21)23-16-9-11-17(26-4)12-10-16/h5-14H,1-4H3,(H2,22,23,24,25). The van der Waals surface area contributed by atoms with Gasteiger partial charge in [0.05, 0.1) is 7.11 Å². The second-order valence-electron chi connectivity index (χ2n) is 6.44. The molecule has 0 aliphatic rings. The van der Waals surface area contributed by atoms with Gasteiger partial charge in [0.25, 0.3) is 0 Å². The Balaban J connectivity index is 1.83. The van der Waals surface area contributed by atoms with Gasteiger partial charge in [0.2, 0.25) is 5.95 Å². The van der Waals surface area contributed by atoms with Crippen molar-refractivity contribution < 1.29 is 4.74 Å². The van der Waals surface area contributed by atoms with Crippen LogP contribution < -0.4 is 15.4 Å². The Bertz CT molecular complexity index is 875. The van der Waals surface area contributed by atoms with E-state index in [4.69, 9.17) is 4.74 Å². The Labute approximate surface area is 154 Å². The van der Waals surface area contributed by atoms with Crippen molar-refractivity contribution in [3.63, 3.8) is 0 Å². The second kappa shape index (κ2) is 7.87. The molecule has 0 saturated carbocycles. The molecule has 0 aliphatic carbocycles. The number of anilines is 4. The fraction of sp³-hybridized carbons (Fsp3) is 0.238. The Morgan fingerprint density at radius 1 is 0.923 bits per heavy atom. The summed E-state index contributed by atoms with van der Waals surface area (Å²) in [5.41, 5.74) is 4.10. The highest BCUT2D eigenvalue weighted by Crippen LogP contribution is 2.26. The fourth-order valence-electron chi connectivity index (χ4n) is 2.75. The van der Waals surface area contributed by atoms with Gasteiger partial charge in [-0.25, -0.2) is 4.98 Å². The zero-order chi connectivity index (χ0) is 18.5. The third kappa shape index (κ3) is 4.30. The molecule has 0 amide bonds. The molecule has 0 saturated heterocycles. The molecule has 5 nitrogen and oxygen atoms in total. The molecular weight excluding hydrogens is 324 g/mol. The molecule has 0 atom stereocenters. The van der Waals surface area contributed by atoms with Crippen LogP contribution in [0.25, 0.3) is 0 Å². The first-order valence-corrected chi connectivity index (χ1v) is 8.68. The van der Waals surface area contributed by atoms with Gasteiger partial charge in [-0.15, -0.1) is 0 Å². The minimum Gasteiger partial charge on any atom is -0.497 e. The van der Waals surface area contributed by atoms with Crippen LogP contribution in [-0.2, 0) is 0 Å². The van der Waals surface area contributed by atoms with E-state index >= 15 is 0 Å². The van der Waals surface area contributed by atoms with Crippen LogP contribution >= 0.6 is 0 Å². The van der Waals surface area contributed by atoms with Crippen molar-refractivity contribution in [1.82, 2.24) is 9.97 Å². The molecule has 2 N–H and O–H groups in total. The van der Waals surface area contributed by atoms with Crippen molar-refractivity contribution in [2.75, 3.05) is 17.7 Å². The molecule has 0 radical (unpaired) electrons. The summed E-state index contributed by atoms with van der Waals surface area (Å²) in [5, 5.41) is 6.67. The van der Waals surface area contributed by atoms with E-state index in [9.17, 15) is 0 Å². The summed E-state index contributed by atoms with van der Waals surface area (Å²) in [4.78, 5) is 9.12. The summed E-state index contributed by atoms with van der Waals surface area (Å²) in [6.07, 6.45) is 0. The number of nitrogens with zero attached hydrogens (tertiary/aromatic N) is 2. The van der Waals surface area contributed by atoms with Gasteiger partial charge in [-0.3, -0.25) is 0 Å². The molecule has 3 aromatic rings. The van der Waals surface area contributed by atoms with Crippen LogP contribution in [0.5, 0.6) is 5.75 Å². The highest BCUT2D eigenvalue weighted by molar-refractivity contribution is 5.63. The zero-order valence-corrected chi connectivity index (χ0v) is 15.6. The van der Waals surface area contributed by atoms with Gasteiger partial charge in [0.1, 0.15) is 11.6 Å². The molecule has 0 unspecified atom stereocenters. The van der Waals surface area contributed by atoms with Gasteiger partial charge < -0.3 is 15.4 Å². The molecule has 3 rings (SSSR count). The van der Waals surface area contributed by atoms with Gasteiger partial charge in [-0.1, -0.05) is 32.0 Å². The lowest BCUT2D eigenvalue weighted by Crippen LogP contribution is -2.04. The lowest BCUT2D eigenvalue weighted by atomic mass is 10.0. The summed E-state index contributed by atoms with van der Waals surface area (Å²) in [7, 11) is 1.66. The Kier molecular flexibility index (Phi) is 5.37. The number of ether oxygens (including phenoxy) is 1. The maximum Gasteiger partial charge on any atom is 0.229 e. The summed E-state index contributed by atoms with van der Waals surface area (Å²) in [6, 6.07) is 17.9. The van der Waals surface area contributed by atoms with Crippen LogP contribution in [0.3, 0.4) is 0 Å². The van der Waals surface area contributed by atoms with E-state index in [1.54, 1.807) is 7.11 Å². The monoisotopic (exact) mass is 348 g/mol. The molecule has 134 valence electrons. The number of para-hydroxylation sites is 1. The van der Waals surface area contributed by atoms with Crippen molar-refractivity contribution in [2.45, 2.75) is 26.7 Å². The predicted octanol–water partition coefficient (Wildman–Crippen LogP) is 5.40. The van der Waals surface area contributed by atoms with E-state index in [1.807, 2.05) is 49.4 Å². The Morgan fingerprint density at radius 2 is 1.65 bits per heavy atom. The van der Waals surface area contributed by atoms with Gasteiger partial charge in [-0.2, -0.15) is 4.98 Å². The lowest BCUT2D eigenvalue weighted by molar-refractivity contribution is 0.415. The van der Waals surface area contributed by atoms with Gasteiger partial charge in [0, 0.05) is 23.1 Å². The first kappa shape index (κ1) is 17.7. The lowest BCUT2D eigenvalue weighted by Gasteiger charge is -2.15. The van der Waals surface area contributed by atoms with Crippen molar-refractivity contribution in [2.24, 2.45) is 0 Å². The Morgan fingerprint density at radius 3 is 2.35 bits per heavy atom. The third-order valence-corrected chi connectivity index (χ3v) is 4.05. The normalized spacial score (nSPS) is 10.7. The first-order chi connectivity index (χ1) is 12.5. The molecule has 1 heterocycles. The van der Waals surface area contributed by atoms with Crippen LogP contribution in [0.4, 0.5) is 23.1 Å². The van der Waals surface area contributed by atoms with Crippen molar-refractivity contribution >= 4 is 23.1 Å². The molecule has 5 heteroatoms. The molecule has 26 heavy (non-hydrogen) atoms. The van der Waals surface area contributed by atoms with Crippen molar-refractivity contribution in [1.29, 1.82) is 0 Å². The summed E-state index contributed by atoms with van der Waals surface area (Å²) in [6.45, 7) is 6.31. The van der Waals surface area contributed by atoms with Crippen molar-refractivity contribution in [3.8, 4) is 5.75 Å². The van der Waals surface area contributed by atoms with E-state index in [2.05, 4.69) is 46.6 Å². The number of aromatic nitrogens is 2. The Hall–Kier alpha value is -3.08. The first-order valence-electron chi connectivity index (χ1n) is 8.68. The van der Waals surface area contributed by atoms with Crippen molar-refractivity contribution in [3.05, 3.63) is 65.9 Å². The maximum absolute atomic E-state index is 5.19. The van der Waals surface area contributed by atoms with E-state index < -0.39 is 0 Å². The highest BCUT2D eigenvalue weighted by atomic mass is 16.5. The maximum atomic E-state index is 5.19.